The third-order valence-corrected chi connectivity index (χ3v) is 3.78. The monoisotopic (exact) mass is 314 g/mol. The maximum absolute atomic E-state index is 13.1. The zero-order chi connectivity index (χ0) is 13.1. The molecule has 1 N–H and O–H groups in total. The Bertz CT molecular complexity index is 447. The van der Waals surface area contributed by atoms with E-state index in [-0.39, 0.29) is 17.8 Å². The van der Waals surface area contributed by atoms with Crippen LogP contribution in [0.2, 0.25) is 0 Å². The van der Waals surface area contributed by atoms with Crippen molar-refractivity contribution in [2.45, 2.75) is 25.8 Å². The average molecular weight is 315 g/mol. The molecule has 1 heterocycles. The molecule has 5 heteroatoms. The highest BCUT2D eigenvalue weighted by Gasteiger charge is 2.23. The van der Waals surface area contributed by atoms with Crippen LogP contribution in [0.25, 0.3) is 0 Å². The lowest BCUT2D eigenvalue weighted by Gasteiger charge is -2.22. The molecule has 0 bridgehead atoms. The minimum atomic E-state index is -0.346. The Labute approximate surface area is 114 Å². The molecule has 3 nitrogen and oxygen atoms in total. The second-order valence-electron chi connectivity index (χ2n) is 4.52. The van der Waals surface area contributed by atoms with Crippen molar-refractivity contribution in [1.82, 2.24) is 4.90 Å². The topological polar surface area (TPSA) is 32.3 Å². The third-order valence-electron chi connectivity index (χ3n) is 3.09. The van der Waals surface area contributed by atoms with Crippen LogP contribution in [0.15, 0.2) is 22.7 Å². The van der Waals surface area contributed by atoms with Gasteiger partial charge in [0.15, 0.2) is 0 Å². The van der Waals surface area contributed by atoms with E-state index in [9.17, 15) is 9.18 Å². The van der Waals surface area contributed by atoms with Gasteiger partial charge in [-0.15, -0.1) is 0 Å². The van der Waals surface area contributed by atoms with Gasteiger partial charge in [-0.05, 0) is 53.9 Å². The van der Waals surface area contributed by atoms with E-state index in [1.54, 1.807) is 13.0 Å². The lowest BCUT2D eigenvalue weighted by molar-refractivity contribution is -0.130. The highest BCUT2D eigenvalue weighted by Crippen LogP contribution is 2.24. The van der Waals surface area contributed by atoms with Crippen LogP contribution in [0.5, 0.6) is 0 Å². The first-order valence-electron chi connectivity index (χ1n) is 6.08. The zero-order valence-corrected chi connectivity index (χ0v) is 11.8. The van der Waals surface area contributed by atoms with Crippen LogP contribution in [0.1, 0.15) is 19.8 Å². The summed E-state index contributed by atoms with van der Waals surface area (Å²) < 4.78 is 13.9. The summed E-state index contributed by atoms with van der Waals surface area (Å²) in [7, 11) is 0. The van der Waals surface area contributed by atoms with Crippen molar-refractivity contribution in [1.29, 1.82) is 0 Å². The van der Waals surface area contributed by atoms with E-state index in [0.29, 0.717) is 5.69 Å². The Hall–Kier alpha value is -1.10. The lowest BCUT2D eigenvalue weighted by atomic mass is 10.2. The van der Waals surface area contributed by atoms with Gasteiger partial charge in [-0.1, -0.05) is 0 Å². The SMILES string of the molecule is CC(Nc1cc(F)ccc1Br)C(=O)N1CCCC1. The molecular formula is C13H16BrFN2O. The normalized spacial score (nSPS) is 16.7. The molecule has 1 aromatic rings. The van der Waals surface area contributed by atoms with Gasteiger partial charge in [-0.2, -0.15) is 0 Å². The number of halogens is 2. The molecule has 0 aromatic heterocycles. The molecular weight excluding hydrogens is 299 g/mol. The number of likely N-dealkylation sites (tertiary alicyclic amines) is 1. The van der Waals surface area contributed by atoms with Crippen molar-refractivity contribution in [3.05, 3.63) is 28.5 Å². The van der Waals surface area contributed by atoms with Gasteiger partial charge in [-0.3, -0.25) is 4.79 Å². The van der Waals surface area contributed by atoms with Gasteiger partial charge < -0.3 is 10.2 Å². The lowest BCUT2D eigenvalue weighted by Crippen LogP contribution is -2.39. The molecule has 0 spiro atoms. The molecule has 18 heavy (non-hydrogen) atoms. The number of carbonyl (C=O) groups is 1. The molecule has 2 rings (SSSR count). The Morgan fingerprint density at radius 2 is 2.11 bits per heavy atom. The summed E-state index contributed by atoms with van der Waals surface area (Å²) >= 11 is 3.34. The summed E-state index contributed by atoms with van der Waals surface area (Å²) in [6, 6.07) is 4.05. The molecule has 1 aliphatic heterocycles. The summed E-state index contributed by atoms with van der Waals surface area (Å²) in [4.78, 5) is 14.0. The summed E-state index contributed by atoms with van der Waals surface area (Å²) in [5.74, 6) is -0.245. The van der Waals surface area contributed by atoms with Crippen LogP contribution < -0.4 is 5.32 Å². The first kappa shape index (κ1) is 13.3. The molecule has 98 valence electrons. The van der Waals surface area contributed by atoms with Gasteiger partial charge in [0.2, 0.25) is 5.91 Å². The Kier molecular flexibility index (Phi) is 4.22. The van der Waals surface area contributed by atoms with Crippen LogP contribution in [0, 0.1) is 5.82 Å². The second-order valence-corrected chi connectivity index (χ2v) is 5.38. The maximum atomic E-state index is 13.1. The fourth-order valence-electron chi connectivity index (χ4n) is 2.11. The highest BCUT2D eigenvalue weighted by molar-refractivity contribution is 9.10. The molecule has 1 aliphatic rings. The van der Waals surface area contributed by atoms with E-state index in [1.165, 1.54) is 12.1 Å². The fourth-order valence-corrected chi connectivity index (χ4v) is 2.48. The fraction of sp³-hybridized carbons (Fsp3) is 0.462. The van der Waals surface area contributed by atoms with Crippen LogP contribution in [0.3, 0.4) is 0 Å². The molecule has 1 saturated heterocycles. The van der Waals surface area contributed by atoms with Crippen molar-refractivity contribution < 1.29 is 9.18 Å². The number of benzene rings is 1. The predicted octanol–water partition coefficient (Wildman–Crippen LogP) is 3.01. The number of carbonyl (C=O) groups excluding carboxylic acids is 1. The average Bonchev–Trinajstić information content (AvgIpc) is 2.86. The number of hydrogen-bond donors (Lipinski definition) is 1. The number of hydrogen-bond acceptors (Lipinski definition) is 2. The number of amides is 1. The van der Waals surface area contributed by atoms with Crippen molar-refractivity contribution in [2.24, 2.45) is 0 Å². The molecule has 0 saturated carbocycles. The van der Waals surface area contributed by atoms with E-state index >= 15 is 0 Å². The quantitative estimate of drug-likeness (QED) is 0.930. The first-order valence-corrected chi connectivity index (χ1v) is 6.87. The molecule has 0 aliphatic carbocycles. The van der Waals surface area contributed by atoms with Crippen LogP contribution in [0.4, 0.5) is 10.1 Å². The standard InChI is InChI=1S/C13H16BrFN2O/c1-9(13(18)17-6-2-3-7-17)16-12-8-10(15)4-5-11(12)14/h4-5,8-9,16H,2-3,6-7H2,1H3. The number of nitrogens with one attached hydrogen (secondary N) is 1. The second kappa shape index (κ2) is 5.69. The van der Waals surface area contributed by atoms with Crippen molar-refractivity contribution >= 4 is 27.5 Å². The third kappa shape index (κ3) is 3.02. The van der Waals surface area contributed by atoms with Gasteiger partial charge in [0, 0.05) is 17.6 Å². The summed E-state index contributed by atoms with van der Waals surface area (Å²) in [6.07, 6.45) is 2.14. The van der Waals surface area contributed by atoms with E-state index in [0.717, 1.165) is 30.4 Å². The van der Waals surface area contributed by atoms with Gasteiger partial charge in [0.05, 0.1) is 5.69 Å². The van der Waals surface area contributed by atoms with Crippen LogP contribution in [-0.4, -0.2) is 29.9 Å². The molecule has 1 unspecified atom stereocenters. The van der Waals surface area contributed by atoms with Crippen LogP contribution >= 0.6 is 15.9 Å². The summed E-state index contributed by atoms with van der Waals surface area (Å²) in [5.41, 5.74) is 0.607. The molecule has 1 fully saturated rings. The van der Waals surface area contributed by atoms with E-state index < -0.39 is 0 Å². The number of nitrogens with zero attached hydrogens (tertiary/aromatic N) is 1. The van der Waals surface area contributed by atoms with Gasteiger partial charge in [0.1, 0.15) is 11.9 Å². The first-order chi connectivity index (χ1) is 8.58. The van der Waals surface area contributed by atoms with E-state index in [2.05, 4.69) is 21.2 Å². The van der Waals surface area contributed by atoms with Crippen molar-refractivity contribution in [3.8, 4) is 0 Å². The maximum Gasteiger partial charge on any atom is 0.244 e. The Morgan fingerprint density at radius 3 is 2.78 bits per heavy atom. The summed E-state index contributed by atoms with van der Waals surface area (Å²) in [5, 5.41) is 3.05. The zero-order valence-electron chi connectivity index (χ0n) is 10.2. The molecule has 1 aromatic carbocycles. The minimum Gasteiger partial charge on any atom is -0.373 e. The number of anilines is 1. The largest absolute Gasteiger partial charge is 0.373 e. The minimum absolute atomic E-state index is 0.0728. The summed E-state index contributed by atoms with van der Waals surface area (Å²) in [6.45, 7) is 3.46. The molecule has 0 radical (unpaired) electrons. The van der Waals surface area contributed by atoms with Gasteiger partial charge in [0.25, 0.3) is 0 Å². The number of rotatable bonds is 3. The van der Waals surface area contributed by atoms with Gasteiger partial charge in [-0.25, -0.2) is 4.39 Å². The van der Waals surface area contributed by atoms with Gasteiger partial charge >= 0.3 is 0 Å². The van der Waals surface area contributed by atoms with Crippen molar-refractivity contribution in [2.75, 3.05) is 18.4 Å². The Balaban J connectivity index is 2.03. The van der Waals surface area contributed by atoms with Crippen molar-refractivity contribution in [3.63, 3.8) is 0 Å². The van der Waals surface area contributed by atoms with Crippen LogP contribution in [-0.2, 0) is 4.79 Å². The Morgan fingerprint density at radius 1 is 1.44 bits per heavy atom. The molecule has 1 amide bonds. The smallest absolute Gasteiger partial charge is 0.244 e. The predicted molar refractivity (Wildman–Crippen MR) is 73.0 cm³/mol. The van der Waals surface area contributed by atoms with E-state index in [1.807, 2.05) is 4.90 Å². The van der Waals surface area contributed by atoms with E-state index in [4.69, 9.17) is 0 Å². The highest BCUT2D eigenvalue weighted by atomic mass is 79.9. The molecule has 1 atom stereocenters.